The molecule has 0 fully saturated rings. The zero-order valence-corrected chi connectivity index (χ0v) is 13.3. The lowest BCUT2D eigenvalue weighted by Gasteiger charge is -2.10. The van der Waals surface area contributed by atoms with Gasteiger partial charge in [-0.2, -0.15) is 11.3 Å². The average Bonchev–Trinajstić information content (AvgIpc) is 3.14. The highest BCUT2D eigenvalue weighted by atomic mass is 32.1. The summed E-state index contributed by atoms with van der Waals surface area (Å²) in [7, 11) is 0. The van der Waals surface area contributed by atoms with Crippen molar-refractivity contribution in [2.45, 2.75) is 6.54 Å². The summed E-state index contributed by atoms with van der Waals surface area (Å²) in [6, 6.07) is 15.2. The first-order valence-electron chi connectivity index (χ1n) is 7.24. The van der Waals surface area contributed by atoms with Gasteiger partial charge in [-0.3, -0.25) is 9.78 Å². The fourth-order valence-corrected chi connectivity index (χ4v) is 2.79. The van der Waals surface area contributed by atoms with E-state index in [2.05, 4.69) is 10.3 Å². The van der Waals surface area contributed by atoms with E-state index in [0.29, 0.717) is 12.3 Å². The lowest BCUT2D eigenvalue weighted by molar-refractivity contribution is -0.123. The third-order valence-corrected chi connectivity index (χ3v) is 3.96. The Morgan fingerprint density at radius 1 is 1.13 bits per heavy atom. The molecule has 0 unspecified atom stereocenters. The van der Waals surface area contributed by atoms with Crippen LogP contribution in [-0.2, 0) is 11.3 Å². The Hall–Kier alpha value is -2.66. The second kappa shape index (κ2) is 7.56. The van der Waals surface area contributed by atoms with Crippen LogP contribution in [0.3, 0.4) is 0 Å². The molecular formula is C18H16N2O2S. The Labute approximate surface area is 138 Å². The van der Waals surface area contributed by atoms with Gasteiger partial charge in [-0.05, 0) is 35.2 Å². The third-order valence-electron chi connectivity index (χ3n) is 3.28. The number of ether oxygens (including phenoxy) is 1. The lowest BCUT2D eigenvalue weighted by Crippen LogP contribution is -2.28. The second-order valence-electron chi connectivity index (χ2n) is 4.90. The molecule has 0 aliphatic carbocycles. The molecule has 0 radical (unpaired) electrons. The maximum Gasteiger partial charge on any atom is 0.258 e. The summed E-state index contributed by atoms with van der Waals surface area (Å²) in [5.41, 5.74) is 2.96. The molecule has 23 heavy (non-hydrogen) atoms. The molecule has 0 saturated heterocycles. The highest BCUT2D eigenvalue weighted by molar-refractivity contribution is 7.08. The Kier molecular flexibility index (Phi) is 5.01. The summed E-state index contributed by atoms with van der Waals surface area (Å²) >= 11 is 1.63. The van der Waals surface area contributed by atoms with E-state index in [-0.39, 0.29) is 12.5 Å². The molecule has 0 atom stereocenters. The molecule has 3 rings (SSSR count). The van der Waals surface area contributed by atoms with Gasteiger partial charge < -0.3 is 10.1 Å². The molecule has 5 heteroatoms. The third kappa shape index (κ3) is 4.17. The molecule has 0 saturated carbocycles. The molecule has 0 aliphatic heterocycles. The van der Waals surface area contributed by atoms with Gasteiger partial charge in [0.15, 0.2) is 6.61 Å². The van der Waals surface area contributed by atoms with Crippen molar-refractivity contribution in [3.63, 3.8) is 0 Å². The van der Waals surface area contributed by atoms with Gasteiger partial charge in [0.05, 0.1) is 5.69 Å². The molecule has 2 aromatic heterocycles. The molecule has 0 aliphatic rings. The van der Waals surface area contributed by atoms with Crippen LogP contribution in [-0.4, -0.2) is 17.5 Å². The van der Waals surface area contributed by atoms with E-state index in [9.17, 15) is 4.79 Å². The number of carbonyl (C=O) groups is 1. The summed E-state index contributed by atoms with van der Waals surface area (Å²) < 4.78 is 5.43. The van der Waals surface area contributed by atoms with Crippen LogP contribution in [0, 0.1) is 0 Å². The number of hydrogen-bond acceptors (Lipinski definition) is 4. The summed E-state index contributed by atoms with van der Waals surface area (Å²) in [5.74, 6) is 0.525. The number of pyridine rings is 1. The molecule has 2 heterocycles. The SMILES string of the molecule is O=C(COc1ccccc1)NCc1cccnc1-c1ccsc1. The van der Waals surface area contributed by atoms with Crippen LogP contribution in [0.2, 0.25) is 0 Å². The normalized spacial score (nSPS) is 10.3. The predicted molar refractivity (Wildman–Crippen MR) is 91.3 cm³/mol. The van der Waals surface area contributed by atoms with Gasteiger partial charge >= 0.3 is 0 Å². The minimum Gasteiger partial charge on any atom is -0.484 e. The molecule has 1 aromatic carbocycles. The van der Waals surface area contributed by atoms with Crippen molar-refractivity contribution in [2.24, 2.45) is 0 Å². The molecule has 1 N–H and O–H groups in total. The van der Waals surface area contributed by atoms with Crippen molar-refractivity contribution in [3.05, 3.63) is 71.1 Å². The maximum atomic E-state index is 11.9. The minimum absolute atomic E-state index is 0.00192. The van der Waals surface area contributed by atoms with Crippen LogP contribution < -0.4 is 10.1 Å². The fourth-order valence-electron chi connectivity index (χ4n) is 2.15. The second-order valence-corrected chi connectivity index (χ2v) is 5.68. The van der Waals surface area contributed by atoms with E-state index in [0.717, 1.165) is 16.8 Å². The number of thiophene rings is 1. The molecule has 0 bridgehead atoms. The van der Waals surface area contributed by atoms with E-state index in [1.807, 2.05) is 59.3 Å². The topological polar surface area (TPSA) is 51.2 Å². The zero-order valence-electron chi connectivity index (χ0n) is 12.4. The monoisotopic (exact) mass is 324 g/mol. The Morgan fingerprint density at radius 2 is 2.00 bits per heavy atom. The van der Waals surface area contributed by atoms with Crippen molar-refractivity contribution < 1.29 is 9.53 Å². The van der Waals surface area contributed by atoms with E-state index >= 15 is 0 Å². The van der Waals surface area contributed by atoms with Crippen LogP contribution in [0.4, 0.5) is 0 Å². The number of nitrogens with zero attached hydrogens (tertiary/aromatic N) is 1. The number of benzene rings is 1. The fraction of sp³-hybridized carbons (Fsp3) is 0.111. The molecule has 3 aromatic rings. The molecular weight excluding hydrogens is 308 g/mol. The number of nitrogens with one attached hydrogen (secondary N) is 1. The Balaban J connectivity index is 1.57. The van der Waals surface area contributed by atoms with Gasteiger partial charge in [-0.1, -0.05) is 24.3 Å². The van der Waals surface area contributed by atoms with Gasteiger partial charge in [0.2, 0.25) is 0 Å². The van der Waals surface area contributed by atoms with E-state index < -0.39 is 0 Å². The van der Waals surface area contributed by atoms with Crippen LogP contribution in [0.15, 0.2) is 65.5 Å². The first-order chi connectivity index (χ1) is 11.3. The summed E-state index contributed by atoms with van der Waals surface area (Å²) in [6.07, 6.45) is 1.76. The van der Waals surface area contributed by atoms with E-state index in [1.54, 1.807) is 17.5 Å². The number of aromatic nitrogens is 1. The smallest absolute Gasteiger partial charge is 0.258 e. The van der Waals surface area contributed by atoms with Crippen molar-refractivity contribution >= 4 is 17.2 Å². The number of carbonyl (C=O) groups excluding carboxylic acids is 1. The highest BCUT2D eigenvalue weighted by Gasteiger charge is 2.08. The van der Waals surface area contributed by atoms with Gasteiger partial charge in [0.25, 0.3) is 5.91 Å². The Morgan fingerprint density at radius 3 is 2.78 bits per heavy atom. The van der Waals surface area contributed by atoms with Crippen LogP contribution in [0.5, 0.6) is 5.75 Å². The van der Waals surface area contributed by atoms with Crippen LogP contribution in [0.1, 0.15) is 5.56 Å². The quantitative estimate of drug-likeness (QED) is 0.755. The van der Waals surface area contributed by atoms with Crippen LogP contribution in [0.25, 0.3) is 11.3 Å². The first-order valence-corrected chi connectivity index (χ1v) is 8.18. The molecule has 0 spiro atoms. The van der Waals surface area contributed by atoms with Crippen molar-refractivity contribution in [3.8, 4) is 17.0 Å². The molecule has 116 valence electrons. The predicted octanol–water partition coefficient (Wildman–Crippen LogP) is 3.51. The van der Waals surface area contributed by atoms with Gasteiger partial charge in [0.1, 0.15) is 5.75 Å². The van der Waals surface area contributed by atoms with Crippen molar-refractivity contribution in [2.75, 3.05) is 6.61 Å². The standard InChI is InChI=1S/C18H16N2O2S/c21-17(12-22-16-6-2-1-3-7-16)20-11-14-5-4-9-19-18(14)15-8-10-23-13-15/h1-10,13H,11-12H2,(H,20,21). The number of hydrogen-bond donors (Lipinski definition) is 1. The summed E-state index contributed by atoms with van der Waals surface area (Å²) in [6.45, 7) is 0.425. The van der Waals surface area contributed by atoms with Gasteiger partial charge in [-0.15, -0.1) is 0 Å². The van der Waals surface area contributed by atoms with Gasteiger partial charge in [-0.25, -0.2) is 0 Å². The van der Waals surface area contributed by atoms with Crippen molar-refractivity contribution in [1.29, 1.82) is 0 Å². The summed E-state index contributed by atoms with van der Waals surface area (Å²) in [5, 5.41) is 6.93. The maximum absolute atomic E-state index is 11.9. The Bertz CT molecular complexity index is 758. The largest absolute Gasteiger partial charge is 0.484 e. The van der Waals surface area contributed by atoms with E-state index in [1.165, 1.54) is 0 Å². The lowest BCUT2D eigenvalue weighted by atomic mass is 10.1. The van der Waals surface area contributed by atoms with Crippen molar-refractivity contribution in [1.82, 2.24) is 10.3 Å². The first kappa shape index (κ1) is 15.2. The number of para-hydroxylation sites is 1. The average molecular weight is 324 g/mol. The minimum atomic E-state index is -0.158. The molecule has 4 nitrogen and oxygen atoms in total. The number of rotatable bonds is 6. The van der Waals surface area contributed by atoms with Crippen LogP contribution >= 0.6 is 11.3 Å². The zero-order chi connectivity index (χ0) is 15.9. The number of amides is 1. The van der Waals surface area contributed by atoms with Gasteiger partial charge in [0, 0.05) is 23.7 Å². The molecule has 1 amide bonds. The van der Waals surface area contributed by atoms with E-state index in [4.69, 9.17) is 4.74 Å². The summed E-state index contributed by atoms with van der Waals surface area (Å²) in [4.78, 5) is 16.3. The highest BCUT2D eigenvalue weighted by Crippen LogP contribution is 2.23.